The van der Waals surface area contributed by atoms with E-state index in [1.54, 1.807) is 24.3 Å². The van der Waals surface area contributed by atoms with Gasteiger partial charge in [-0.1, -0.05) is 180 Å². The number of aromatic hydroxyl groups is 3. The highest BCUT2D eigenvalue weighted by atomic mass is 16.7. The van der Waals surface area contributed by atoms with Crippen molar-refractivity contribution in [3.63, 3.8) is 0 Å². The Morgan fingerprint density at radius 3 is 1.29 bits per heavy atom. The molecule has 8 rings (SSSR count). The molecule has 8 heteroatoms. The van der Waals surface area contributed by atoms with E-state index in [-0.39, 0.29) is 47.4 Å². The van der Waals surface area contributed by atoms with Gasteiger partial charge >= 0.3 is 6.16 Å². The van der Waals surface area contributed by atoms with Crippen LogP contribution in [0.3, 0.4) is 0 Å². The van der Waals surface area contributed by atoms with Gasteiger partial charge in [0.15, 0.2) is 6.29 Å². The van der Waals surface area contributed by atoms with E-state index in [4.69, 9.17) is 18.9 Å². The van der Waals surface area contributed by atoms with Crippen molar-refractivity contribution in [2.75, 3.05) is 6.61 Å². The molecule has 0 spiro atoms. The van der Waals surface area contributed by atoms with Crippen molar-refractivity contribution in [3.8, 4) is 28.7 Å². The van der Waals surface area contributed by atoms with E-state index in [9.17, 15) is 20.1 Å². The van der Waals surface area contributed by atoms with Crippen molar-refractivity contribution in [1.82, 2.24) is 0 Å². The lowest BCUT2D eigenvalue weighted by Gasteiger charge is -2.31. The zero-order valence-electron chi connectivity index (χ0n) is 55.6. The summed E-state index contributed by atoms with van der Waals surface area (Å²) >= 11 is 0. The molecule has 0 amide bonds. The lowest BCUT2D eigenvalue weighted by atomic mass is 9.73. The standard InChI is InChI=1S/C53H66O7.C29H36O/c1-9-38-12-14-42(15-13-38)45(32-36(4)40-16-24-48(54)25-17-40)34-47(43-18-26-49(55)27-19-43)35-46(44-22-28-50(29-23-44)58-37(5)57-11-3)33-39(10-2)41-20-30-51(31-21-41)59-52(56)60-53(6,7)8;1-4-24(26-8-6-5-7-9-26)16-17-28(27-13-10-22(2)11-14-27)15-12-23(3)25-18-20-29(30)21-19-25/h12-31,36-37,39,45-47,54-55H,9-11,32-35H2,1-8H3;5-11,13-14,18-21,23-24,28,30H,4,12,15-17H2,1-3H3. The Balaban J connectivity index is 0.000000320. The second-order valence-corrected chi connectivity index (χ2v) is 25.9. The number of carbonyl (C=O) groups excluding carboxylic acids is 1. The van der Waals surface area contributed by atoms with Crippen molar-refractivity contribution >= 4 is 6.16 Å². The summed E-state index contributed by atoms with van der Waals surface area (Å²) < 4.78 is 22.6. The summed E-state index contributed by atoms with van der Waals surface area (Å²) in [5.41, 5.74) is 12.4. The number of aryl methyl sites for hydroxylation is 2. The number of rotatable bonds is 30. The van der Waals surface area contributed by atoms with Crippen molar-refractivity contribution in [2.45, 2.75) is 206 Å². The van der Waals surface area contributed by atoms with Crippen LogP contribution in [0.1, 0.15) is 236 Å². The summed E-state index contributed by atoms with van der Waals surface area (Å²) in [6.45, 7) is 23.4. The number of phenols is 3. The van der Waals surface area contributed by atoms with Crippen LogP contribution in [-0.2, 0) is 15.9 Å². The van der Waals surface area contributed by atoms with E-state index >= 15 is 0 Å². The summed E-state index contributed by atoms with van der Waals surface area (Å²) in [6, 6.07) is 68.8. The molecule has 90 heavy (non-hydrogen) atoms. The van der Waals surface area contributed by atoms with Gasteiger partial charge < -0.3 is 34.3 Å². The van der Waals surface area contributed by atoms with Crippen LogP contribution < -0.4 is 9.47 Å². The van der Waals surface area contributed by atoms with E-state index in [1.807, 2.05) is 71.0 Å². The monoisotopic (exact) mass is 1210 g/mol. The first-order valence-electron chi connectivity index (χ1n) is 33.3. The molecular weight excluding hydrogens is 1110 g/mol. The topological polar surface area (TPSA) is 115 Å². The van der Waals surface area contributed by atoms with Gasteiger partial charge in [-0.05, 0) is 270 Å². The SMILES string of the molecule is CCC(CCC(CCC(C)c1ccc(O)cc1)c1ccc(C)cc1)c1ccccc1.CCOC(C)Oc1ccc(C(CC(CC)c2ccc(OC(=O)OC(C)(C)C)cc2)CC(CC(CC(C)c2ccc(O)cc2)c2ccc(CC)cc2)c2ccc(O)cc2)cc1. The molecule has 0 aliphatic rings. The number of benzene rings is 8. The summed E-state index contributed by atoms with van der Waals surface area (Å²) in [5.74, 6) is 4.86. The third kappa shape index (κ3) is 22.3. The summed E-state index contributed by atoms with van der Waals surface area (Å²) in [4.78, 5) is 12.4. The van der Waals surface area contributed by atoms with Gasteiger partial charge in [-0.15, -0.1) is 0 Å². The molecule has 0 aliphatic heterocycles. The van der Waals surface area contributed by atoms with Gasteiger partial charge in [-0.25, -0.2) is 4.79 Å². The van der Waals surface area contributed by atoms with Crippen LogP contribution in [0.2, 0.25) is 0 Å². The fraction of sp³-hybridized carbons (Fsp3) is 0.402. The molecule has 478 valence electrons. The first-order valence-corrected chi connectivity index (χ1v) is 33.3. The van der Waals surface area contributed by atoms with E-state index in [0.29, 0.717) is 35.9 Å². The quantitative estimate of drug-likeness (QED) is 0.0232. The maximum absolute atomic E-state index is 12.4. The van der Waals surface area contributed by atoms with Gasteiger partial charge in [0.1, 0.15) is 34.3 Å². The van der Waals surface area contributed by atoms with Crippen molar-refractivity contribution < 1.29 is 39.1 Å². The smallest absolute Gasteiger partial charge is 0.508 e. The fourth-order valence-electron chi connectivity index (χ4n) is 12.7. The van der Waals surface area contributed by atoms with E-state index in [2.05, 4.69) is 181 Å². The van der Waals surface area contributed by atoms with E-state index in [1.165, 1.54) is 81.3 Å². The van der Waals surface area contributed by atoms with Gasteiger partial charge in [0, 0.05) is 6.61 Å². The Morgan fingerprint density at radius 1 is 0.411 bits per heavy atom. The summed E-state index contributed by atoms with van der Waals surface area (Å²) in [5, 5.41) is 30.0. The normalized spacial score (nSPS) is 14.5. The first kappa shape index (κ1) is 69.7. The lowest BCUT2D eigenvalue weighted by Crippen LogP contribution is -2.25. The van der Waals surface area contributed by atoms with Crippen LogP contribution in [0.4, 0.5) is 4.79 Å². The van der Waals surface area contributed by atoms with Crippen LogP contribution >= 0.6 is 0 Å². The highest BCUT2D eigenvalue weighted by molar-refractivity contribution is 5.64. The highest BCUT2D eigenvalue weighted by Gasteiger charge is 2.29. The number of hydrogen-bond acceptors (Lipinski definition) is 8. The molecule has 8 aromatic carbocycles. The van der Waals surface area contributed by atoms with Gasteiger partial charge in [0.2, 0.25) is 0 Å². The number of phenolic OH excluding ortho intramolecular Hbond substituents is 3. The second kappa shape index (κ2) is 35.0. The van der Waals surface area contributed by atoms with Gasteiger partial charge in [-0.2, -0.15) is 0 Å². The van der Waals surface area contributed by atoms with Gasteiger partial charge in [0.05, 0.1) is 0 Å². The Hall–Kier alpha value is -7.81. The maximum atomic E-state index is 12.4. The Labute approximate surface area is 539 Å². The Bertz CT molecular complexity index is 3300. The number of hydrogen-bond donors (Lipinski definition) is 3. The molecule has 0 aliphatic carbocycles. The van der Waals surface area contributed by atoms with Crippen LogP contribution in [0.15, 0.2) is 200 Å². The predicted molar refractivity (Wildman–Crippen MR) is 370 cm³/mol. The molecule has 9 atom stereocenters. The van der Waals surface area contributed by atoms with Crippen molar-refractivity contribution in [1.29, 1.82) is 0 Å². The van der Waals surface area contributed by atoms with Crippen LogP contribution in [0.5, 0.6) is 28.7 Å². The van der Waals surface area contributed by atoms with Gasteiger partial charge in [0.25, 0.3) is 0 Å². The third-order valence-electron chi connectivity index (χ3n) is 18.1. The molecule has 0 fully saturated rings. The number of ether oxygens (including phenoxy) is 4. The average Bonchev–Trinajstić information content (AvgIpc) is 3.61. The molecule has 0 bridgehead atoms. The molecule has 8 aromatic rings. The third-order valence-corrected chi connectivity index (χ3v) is 18.1. The molecule has 0 aromatic heterocycles. The molecule has 0 saturated carbocycles. The first-order chi connectivity index (χ1) is 43.3. The zero-order chi connectivity index (χ0) is 64.6. The largest absolute Gasteiger partial charge is 0.514 e. The van der Waals surface area contributed by atoms with Crippen LogP contribution in [0.25, 0.3) is 0 Å². The van der Waals surface area contributed by atoms with E-state index < -0.39 is 11.8 Å². The Morgan fingerprint density at radius 2 is 0.800 bits per heavy atom. The lowest BCUT2D eigenvalue weighted by molar-refractivity contribution is -0.0613. The second-order valence-electron chi connectivity index (χ2n) is 25.9. The molecular formula is C82H102O8. The van der Waals surface area contributed by atoms with E-state index in [0.717, 1.165) is 50.7 Å². The van der Waals surface area contributed by atoms with Crippen LogP contribution in [0, 0.1) is 6.92 Å². The zero-order valence-corrected chi connectivity index (χ0v) is 55.6. The molecule has 9 unspecified atom stereocenters. The minimum Gasteiger partial charge on any atom is -0.508 e. The van der Waals surface area contributed by atoms with Crippen LogP contribution in [-0.4, -0.2) is 40.0 Å². The predicted octanol–water partition coefficient (Wildman–Crippen LogP) is 22.3. The molecule has 0 saturated heterocycles. The fourth-order valence-corrected chi connectivity index (χ4v) is 12.7. The summed E-state index contributed by atoms with van der Waals surface area (Å²) in [6.07, 6.45) is 10.5. The Kier molecular flexibility index (Phi) is 27.1. The highest BCUT2D eigenvalue weighted by Crippen LogP contribution is 2.45. The molecule has 8 nitrogen and oxygen atoms in total. The molecule has 0 heterocycles. The van der Waals surface area contributed by atoms with Crippen molar-refractivity contribution in [3.05, 3.63) is 256 Å². The van der Waals surface area contributed by atoms with Gasteiger partial charge in [-0.3, -0.25) is 0 Å². The maximum Gasteiger partial charge on any atom is 0.514 e. The minimum atomic E-state index is -0.720. The summed E-state index contributed by atoms with van der Waals surface area (Å²) in [7, 11) is 0. The molecule has 3 N–H and O–H groups in total. The average molecular weight is 1220 g/mol. The van der Waals surface area contributed by atoms with Crippen molar-refractivity contribution in [2.24, 2.45) is 0 Å². The number of carbonyl (C=O) groups is 1. The minimum absolute atomic E-state index is 0.162. The molecule has 0 radical (unpaired) electrons.